The molecule has 0 saturated carbocycles. The third-order valence-electron chi connectivity index (χ3n) is 4.38. The lowest BCUT2D eigenvalue weighted by Gasteiger charge is -2.10. The lowest BCUT2D eigenvalue weighted by molar-refractivity contribution is 0.0688. The highest BCUT2D eigenvalue weighted by molar-refractivity contribution is 6.31. The molecule has 8 heteroatoms. The average molecular weight is 422 g/mol. The quantitative estimate of drug-likeness (QED) is 0.668. The molecule has 0 aliphatic heterocycles. The Balaban J connectivity index is 2.21. The number of aromatic nitrogens is 2. The number of ether oxygens (including phenoxy) is 1. The van der Waals surface area contributed by atoms with E-state index in [0.717, 1.165) is 10.2 Å². The first-order valence-corrected chi connectivity index (χ1v) is 9.13. The van der Waals surface area contributed by atoms with Crippen molar-refractivity contribution >= 4 is 29.7 Å². The zero-order valence-corrected chi connectivity index (χ0v) is 16.8. The van der Waals surface area contributed by atoms with Gasteiger partial charge in [-0.2, -0.15) is 15.0 Å². The molecule has 0 bridgehead atoms. The highest BCUT2D eigenvalue weighted by Crippen LogP contribution is 2.21. The molecule has 1 aromatic heterocycles. The van der Waals surface area contributed by atoms with Crippen LogP contribution in [0.4, 0.5) is 0 Å². The van der Waals surface area contributed by atoms with Crippen LogP contribution in [0.3, 0.4) is 0 Å². The maximum Gasteiger partial charge on any atom is 0.357 e. The Morgan fingerprint density at radius 1 is 1.27 bits per heavy atom. The first kappa shape index (κ1) is 20.8. The Kier molecular flexibility index (Phi) is 6.00. The van der Waals surface area contributed by atoms with Gasteiger partial charge in [-0.1, -0.05) is 42.0 Å². The summed E-state index contributed by atoms with van der Waals surface area (Å²) in [6, 6.07) is 13.6. The third kappa shape index (κ3) is 4.09. The number of hydrogen-bond donors (Lipinski definition) is 1. The second-order valence-electron chi connectivity index (χ2n) is 6.31. The molecule has 0 atom stereocenters. The van der Waals surface area contributed by atoms with E-state index in [1.165, 1.54) is 19.3 Å². The van der Waals surface area contributed by atoms with Crippen molar-refractivity contribution in [2.24, 2.45) is 0 Å². The van der Waals surface area contributed by atoms with Crippen LogP contribution in [-0.2, 0) is 0 Å². The summed E-state index contributed by atoms with van der Waals surface area (Å²) in [5.41, 5.74) is 0.160. The van der Waals surface area contributed by atoms with Gasteiger partial charge in [0.1, 0.15) is 17.4 Å². The third-order valence-corrected chi connectivity index (χ3v) is 4.79. The molecular formula is C22H16ClN3O4. The van der Waals surface area contributed by atoms with Gasteiger partial charge in [-0.05, 0) is 42.3 Å². The van der Waals surface area contributed by atoms with Crippen LogP contribution in [-0.4, -0.2) is 28.0 Å². The van der Waals surface area contributed by atoms with E-state index in [9.17, 15) is 20.0 Å². The highest BCUT2D eigenvalue weighted by Gasteiger charge is 2.21. The van der Waals surface area contributed by atoms with Gasteiger partial charge in [0.2, 0.25) is 0 Å². The molecule has 30 heavy (non-hydrogen) atoms. The molecule has 3 rings (SSSR count). The van der Waals surface area contributed by atoms with Crippen molar-refractivity contribution in [3.8, 4) is 17.5 Å². The molecule has 0 aliphatic carbocycles. The number of nitrogens with zero attached hydrogens (tertiary/aromatic N) is 3. The summed E-state index contributed by atoms with van der Waals surface area (Å²) in [7, 11) is 1.53. The second-order valence-corrected chi connectivity index (χ2v) is 6.72. The highest BCUT2D eigenvalue weighted by atomic mass is 35.5. The Morgan fingerprint density at radius 2 is 2.03 bits per heavy atom. The predicted molar refractivity (Wildman–Crippen MR) is 113 cm³/mol. The minimum absolute atomic E-state index is 0.0766. The van der Waals surface area contributed by atoms with Crippen molar-refractivity contribution in [2.45, 2.75) is 6.92 Å². The molecule has 150 valence electrons. The second kappa shape index (κ2) is 8.64. The number of methoxy groups -OCH3 is 1. The van der Waals surface area contributed by atoms with Crippen LogP contribution in [0, 0.1) is 18.3 Å². The molecular weight excluding hydrogens is 406 g/mol. The molecule has 7 nitrogen and oxygen atoms in total. The van der Waals surface area contributed by atoms with Crippen molar-refractivity contribution in [1.82, 2.24) is 9.78 Å². The van der Waals surface area contributed by atoms with Crippen molar-refractivity contribution in [3.63, 3.8) is 0 Å². The van der Waals surface area contributed by atoms with E-state index in [1.54, 1.807) is 49.4 Å². The molecule has 0 saturated heterocycles. The Hall–Kier alpha value is -3.89. The van der Waals surface area contributed by atoms with Gasteiger partial charge in [-0.15, -0.1) is 0 Å². The number of halogens is 1. The number of carboxylic acid groups (broad SMARTS) is 1. The normalized spacial score (nSPS) is 10.7. The molecule has 1 heterocycles. The van der Waals surface area contributed by atoms with Crippen molar-refractivity contribution in [3.05, 3.63) is 85.8 Å². The minimum Gasteiger partial charge on any atom is -0.497 e. The van der Waals surface area contributed by atoms with E-state index in [2.05, 4.69) is 5.10 Å². The Bertz CT molecular complexity index is 1270. The number of aromatic carboxylic acids is 1. The zero-order valence-electron chi connectivity index (χ0n) is 16.1. The standard InChI is InChI=1S/C22H16ClN3O4/c1-13-6-8-15(11-19(13)23)26-21(27)18(12-24)17(20(25-26)22(28)29)9-7-14-4-3-5-16(10-14)30-2/h3-11H,1-2H3,(H,28,29)/b9-7-. The lowest BCUT2D eigenvalue weighted by Crippen LogP contribution is -2.28. The van der Waals surface area contributed by atoms with E-state index in [4.69, 9.17) is 16.3 Å². The molecule has 1 N–H and O–H groups in total. The fourth-order valence-corrected chi connectivity index (χ4v) is 2.96. The lowest BCUT2D eigenvalue weighted by atomic mass is 10.1. The summed E-state index contributed by atoms with van der Waals surface area (Å²) in [6.07, 6.45) is 2.97. The predicted octanol–water partition coefficient (Wildman–Crippen LogP) is 3.94. The van der Waals surface area contributed by atoms with Gasteiger partial charge >= 0.3 is 5.97 Å². The first-order chi connectivity index (χ1) is 14.3. The number of carboxylic acids is 1. The van der Waals surface area contributed by atoms with E-state index < -0.39 is 17.2 Å². The molecule has 0 spiro atoms. The van der Waals surface area contributed by atoms with E-state index in [0.29, 0.717) is 16.3 Å². The van der Waals surface area contributed by atoms with Gasteiger partial charge in [-0.25, -0.2) is 4.79 Å². The molecule has 2 aromatic carbocycles. The molecule has 0 unspecified atom stereocenters. The van der Waals surface area contributed by atoms with Crippen LogP contribution in [0.5, 0.6) is 5.75 Å². The summed E-state index contributed by atoms with van der Waals surface area (Å²) in [5.74, 6) is -0.760. The van der Waals surface area contributed by atoms with Crippen LogP contribution < -0.4 is 10.3 Å². The monoisotopic (exact) mass is 421 g/mol. The number of rotatable bonds is 5. The number of nitriles is 1. The summed E-state index contributed by atoms with van der Waals surface area (Å²) < 4.78 is 6.03. The van der Waals surface area contributed by atoms with Crippen molar-refractivity contribution < 1.29 is 14.6 Å². The first-order valence-electron chi connectivity index (χ1n) is 8.75. The van der Waals surface area contributed by atoms with Crippen LogP contribution in [0.25, 0.3) is 17.8 Å². The Labute approximate surface area is 177 Å². The van der Waals surface area contributed by atoms with Gasteiger partial charge in [-0.3, -0.25) is 4.79 Å². The summed E-state index contributed by atoms with van der Waals surface area (Å²) in [4.78, 5) is 24.7. The topological polar surface area (TPSA) is 105 Å². The number of aryl methyl sites for hydroxylation is 1. The van der Waals surface area contributed by atoms with Gasteiger partial charge in [0.25, 0.3) is 5.56 Å². The Morgan fingerprint density at radius 3 is 2.67 bits per heavy atom. The van der Waals surface area contributed by atoms with E-state index >= 15 is 0 Å². The molecule has 3 aromatic rings. The summed E-state index contributed by atoms with van der Waals surface area (Å²) in [6.45, 7) is 1.79. The summed E-state index contributed by atoms with van der Waals surface area (Å²) >= 11 is 6.12. The van der Waals surface area contributed by atoms with E-state index in [-0.39, 0.29) is 16.8 Å². The largest absolute Gasteiger partial charge is 0.497 e. The van der Waals surface area contributed by atoms with Gasteiger partial charge < -0.3 is 9.84 Å². The smallest absolute Gasteiger partial charge is 0.357 e. The maximum absolute atomic E-state index is 12.9. The van der Waals surface area contributed by atoms with Crippen LogP contribution in [0.1, 0.15) is 32.7 Å². The fraction of sp³-hybridized carbons (Fsp3) is 0.0909. The fourth-order valence-electron chi connectivity index (χ4n) is 2.78. The molecule has 0 aliphatic rings. The average Bonchev–Trinajstić information content (AvgIpc) is 2.74. The maximum atomic E-state index is 12.9. The number of benzene rings is 2. The zero-order chi connectivity index (χ0) is 21.8. The summed E-state index contributed by atoms with van der Waals surface area (Å²) in [5, 5.41) is 23.6. The number of hydrogen-bond acceptors (Lipinski definition) is 5. The minimum atomic E-state index is -1.37. The van der Waals surface area contributed by atoms with Gasteiger partial charge in [0.15, 0.2) is 5.69 Å². The van der Waals surface area contributed by atoms with Crippen molar-refractivity contribution in [2.75, 3.05) is 7.11 Å². The molecule has 0 amide bonds. The SMILES string of the molecule is COc1cccc(/C=C\c2c(C(=O)O)nn(-c3ccc(C)c(Cl)c3)c(=O)c2C#N)c1. The number of carbonyl (C=O) groups is 1. The van der Waals surface area contributed by atoms with Crippen LogP contribution in [0.2, 0.25) is 5.02 Å². The van der Waals surface area contributed by atoms with Crippen molar-refractivity contribution in [1.29, 1.82) is 5.26 Å². The van der Waals surface area contributed by atoms with Crippen LogP contribution in [0.15, 0.2) is 47.3 Å². The van der Waals surface area contributed by atoms with Crippen LogP contribution >= 0.6 is 11.6 Å². The van der Waals surface area contributed by atoms with Gasteiger partial charge in [0.05, 0.1) is 12.8 Å². The molecule has 0 fully saturated rings. The molecule has 0 radical (unpaired) electrons. The van der Waals surface area contributed by atoms with E-state index in [1.807, 2.05) is 6.07 Å². The van der Waals surface area contributed by atoms with Gasteiger partial charge in [0, 0.05) is 10.6 Å².